The number of hydrogen-bond acceptors (Lipinski definition) is 4. The average molecular weight is 374 g/mol. The van der Waals surface area contributed by atoms with Crippen molar-refractivity contribution < 1.29 is 14.0 Å². The quantitative estimate of drug-likeness (QED) is 0.748. The molecule has 1 aliphatic rings. The summed E-state index contributed by atoms with van der Waals surface area (Å²) >= 11 is 0. The molecule has 0 bridgehead atoms. The molecule has 144 valence electrons. The van der Waals surface area contributed by atoms with Gasteiger partial charge in [0.05, 0.1) is 5.69 Å². The van der Waals surface area contributed by atoms with Crippen molar-refractivity contribution in [1.29, 1.82) is 0 Å². The lowest BCUT2D eigenvalue weighted by molar-refractivity contribution is -0.114. The van der Waals surface area contributed by atoms with E-state index in [1.54, 1.807) is 0 Å². The molecule has 1 aromatic carbocycles. The summed E-state index contributed by atoms with van der Waals surface area (Å²) in [6, 6.07) is 3.46. The second-order valence-corrected chi connectivity index (χ2v) is 6.50. The molecule has 1 aliphatic heterocycles. The highest BCUT2D eigenvalue weighted by Gasteiger charge is 2.15. The molecule has 3 N–H and O–H groups in total. The van der Waals surface area contributed by atoms with Crippen LogP contribution in [0.25, 0.3) is 0 Å². The second-order valence-electron chi connectivity index (χ2n) is 6.50. The zero-order chi connectivity index (χ0) is 19.2. The molecule has 0 saturated heterocycles. The summed E-state index contributed by atoms with van der Waals surface area (Å²) in [5, 5.41) is 16.1. The van der Waals surface area contributed by atoms with Crippen molar-refractivity contribution in [2.75, 3.05) is 17.2 Å². The number of halogens is 1. The van der Waals surface area contributed by atoms with Crippen LogP contribution in [0.4, 0.5) is 20.6 Å². The van der Waals surface area contributed by atoms with Gasteiger partial charge in [-0.05, 0) is 31.0 Å². The molecule has 3 amide bonds. The molecule has 0 unspecified atom stereocenters. The SMILES string of the molecule is CC(=O)Nc1ccc(F)c(NC(=O)NCCc2nnc3n2CCCCC3)c1. The van der Waals surface area contributed by atoms with Crippen molar-refractivity contribution in [1.82, 2.24) is 20.1 Å². The molecule has 2 aromatic rings. The lowest BCUT2D eigenvalue weighted by Crippen LogP contribution is -2.31. The molecule has 0 aliphatic carbocycles. The number of anilines is 2. The molecule has 27 heavy (non-hydrogen) atoms. The van der Waals surface area contributed by atoms with E-state index in [4.69, 9.17) is 0 Å². The third-order valence-electron chi connectivity index (χ3n) is 4.36. The summed E-state index contributed by atoms with van der Waals surface area (Å²) in [7, 11) is 0. The maximum absolute atomic E-state index is 13.9. The number of rotatable bonds is 5. The minimum Gasteiger partial charge on any atom is -0.337 e. The number of nitrogens with one attached hydrogen (secondary N) is 3. The first-order valence-corrected chi connectivity index (χ1v) is 9.06. The van der Waals surface area contributed by atoms with Crippen molar-refractivity contribution in [2.45, 2.75) is 45.6 Å². The Morgan fingerprint density at radius 3 is 2.85 bits per heavy atom. The van der Waals surface area contributed by atoms with Gasteiger partial charge in [0.25, 0.3) is 0 Å². The fourth-order valence-electron chi connectivity index (χ4n) is 3.09. The summed E-state index contributed by atoms with van der Waals surface area (Å²) in [5.41, 5.74) is 0.403. The van der Waals surface area contributed by atoms with E-state index in [-0.39, 0.29) is 11.6 Å². The Hall–Kier alpha value is -2.97. The smallest absolute Gasteiger partial charge is 0.319 e. The van der Waals surface area contributed by atoms with Crippen molar-refractivity contribution in [3.63, 3.8) is 0 Å². The van der Waals surface area contributed by atoms with Crippen LogP contribution >= 0.6 is 0 Å². The zero-order valence-corrected chi connectivity index (χ0v) is 15.2. The van der Waals surface area contributed by atoms with Crippen molar-refractivity contribution in [3.05, 3.63) is 35.7 Å². The lowest BCUT2D eigenvalue weighted by Gasteiger charge is -2.11. The van der Waals surface area contributed by atoms with Gasteiger partial charge in [-0.2, -0.15) is 0 Å². The van der Waals surface area contributed by atoms with Crippen LogP contribution in [0.15, 0.2) is 18.2 Å². The first kappa shape index (κ1) is 18.8. The standard InChI is InChI=1S/C18H23FN6O2/c1-12(26)21-13-6-7-14(19)15(11-13)22-18(27)20-9-8-17-24-23-16-5-3-2-4-10-25(16)17/h6-7,11H,2-5,8-10H2,1H3,(H,21,26)(H2,20,22,27). The predicted molar refractivity (Wildman–Crippen MR) is 99.0 cm³/mol. The summed E-state index contributed by atoms with van der Waals surface area (Å²) in [6.07, 6.45) is 4.91. The molecule has 9 heteroatoms. The van der Waals surface area contributed by atoms with E-state index in [9.17, 15) is 14.0 Å². The highest BCUT2D eigenvalue weighted by Crippen LogP contribution is 2.19. The number of benzene rings is 1. The van der Waals surface area contributed by atoms with Crippen LogP contribution in [-0.2, 0) is 24.2 Å². The third kappa shape index (κ3) is 5.02. The number of urea groups is 1. The Kier molecular flexibility index (Phi) is 6.00. The Morgan fingerprint density at radius 2 is 2.04 bits per heavy atom. The summed E-state index contributed by atoms with van der Waals surface area (Å²) in [4.78, 5) is 23.1. The Bertz CT molecular complexity index is 835. The molecule has 0 radical (unpaired) electrons. The van der Waals surface area contributed by atoms with E-state index in [1.165, 1.54) is 31.5 Å². The monoisotopic (exact) mass is 374 g/mol. The molecule has 3 rings (SSSR count). The topological polar surface area (TPSA) is 101 Å². The minimum atomic E-state index is -0.581. The molecule has 8 nitrogen and oxygen atoms in total. The van der Waals surface area contributed by atoms with Crippen LogP contribution in [0, 0.1) is 5.82 Å². The third-order valence-corrected chi connectivity index (χ3v) is 4.36. The number of nitrogens with zero attached hydrogens (tertiary/aromatic N) is 3. The van der Waals surface area contributed by atoms with Gasteiger partial charge in [0.15, 0.2) is 0 Å². The van der Waals surface area contributed by atoms with E-state index in [0.717, 1.165) is 37.5 Å². The van der Waals surface area contributed by atoms with E-state index in [0.29, 0.717) is 18.7 Å². The normalized spacial score (nSPS) is 13.4. The van der Waals surface area contributed by atoms with Gasteiger partial charge in [-0.1, -0.05) is 6.42 Å². The first-order chi connectivity index (χ1) is 13.0. The fraction of sp³-hybridized carbons (Fsp3) is 0.444. The average Bonchev–Trinajstić information content (AvgIpc) is 2.85. The molecule has 2 heterocycles. The van der Waals surface area contributed by atoms with Crippen LogP contribution in [-0.4, -0.2) is 33.2 Å². The van der Waals surface area contributed by atoms with Crippen LogP contribution in [0.5, 0.6) is 0 Å². The van der Waals surface area contributed by atoms with Crippen molar-refractivity contribution in [2.24, 2.45) is 0 Å². The number of aromatic nitrogens is 3. The Balaban J connectivity index is 1.53. The maximum atomic E-state index is 13.9. The molecule has 0 atom stereocenters. The minimum absolute atomic E-state index is 0.00454. The summed E-state index contributed by atoms with van der Waals surface area (Å²) in [6.45, 7) is 2.62. The van der Waals surface area contributed by atoms with Crippen LogP contribution < -0.4 is 16.0 Å². The van der Waals surface area contributed by atoms with Gasteiger partial charge in [-0.25, -0.2) is 9.18 Å². The predicted octanol–water partition coefficient (Wildman–Crippen LogP) is 2.47. The van der Waals surface area contributed by atoms with E-state index >= 15 is 0 Å². The molecule has 0 saturated carbocycles. The lowest BCUT2D eigenvalue weighted by atomic mass is 10.2. The largest absolute Gasteiger partial charge is 0.337 e. The Labute approximate surface area is 156 Å². The number of carbonyl (C=O) groups is 2. The van der Waals surface area contributed by atoms with Gasteiger partial charge in [-0.3, -0.25) is 4.79 Å². The van der Waals surface area contributed by atoms with Crippen LogP contribution in [0.2, 0.25) is 0 Å². The van der Waals surface area contributed by atoms with Crippen LogP contribution in [0.1, 0.15) is 37.8 Å². The van der Waals surface area contributed by atoms with Crippen molar-refractivity contribution in [3.8, 4) is 0 Å². The first-order valence-electron chi connectivity index (χ1n) is 9.06. The molecule has 0 spiro atoms. The van der Waals surface area contributed by atoms with Crippen molar-refractivity contribution >= 4 is 23.3 Å². The van der Waals surface area contributed by atoms with Crippen LogP contribution in [0.3, 0.4) is 0 Å². The molecule has 0 fully saturated rings. The fourth-order valence-corrected chi connectivity index (χ4v) is 3.09. The molecule has 1 aromatic heterocycles. The maximum Gasteiger partial charge on any atom is 0.319 e. The number of fused-ring (bicyclic) bond motifs is 1. The molecular formula is C18H23FN6O2. The summed E-state index contributed by atoms with van der Waals surface area (Å²) < 4.78 is 16.0. The van der Waals surface area contributed by atoms with Gasteiger partial charge in [0.2, 0.25) is 5.91 Å². The number of aryl methyl sites for hydroxylation is 1. The summed E-state index contributed by atoms with van der Waals surface area (Å²) in [5.74, 6) is 1.00. The zero-order valence-electron chi connectivity index (χ0n) is 15.2. The highest BCUT2D eigenvalue weighted by atomic mass is 19.1. The molecular weight excluding hydrogens is 351 g/mol. The number of hydrogen-bond donors (Lipinski definition) is 3. The van der Waals surface area contributed by atoms with Gasteiger partial charge in [-0.15, -0.1) is 10.2 Å². The number of amides is 3. The van der Waals surface area contributed by atoms with E-state index in [1.807, 2.05) is 0 Å². The van der Waals surface area contributed by atoms with Gasteiger partial charge >= 0.3 is 6.03 Å². The van der Waals surface area contributed by atoms with E-state index < -0.39 is 11.8 Å². The van der Waals surface area contributed by atoms with Gasteiger partial charge < -0.3 is 20.5 Å². The highest BCUT2D eigenvalue weighted by molar-refractivity contribution is 5.92. The van der Waals surface area contributed by atoms with Gasteiger partial charge in [0, 0.05) is 38.5 Å². The van der Waals surface area contributed by atoms with Gasteiger partial charge in [0.1, 0.15) is 17.5 Å². The number of carbonyl (C=O) groups excluding carboxylic acids is 2. The Morgan fingerprint density at radius 1 is 1.19 bits per heavy atom. The second kappa shape index (κ2) is 8.61. The van der Waals surface area contributed by atoms with E-state index in [2.05, 4.69) is 30.7 Å².